The third kappa shape index (κ3) is 3.51. The Morgan fingerprint density at radius 2 is 2.19 bits per heavy atom. The minimum atomic E-state index is -0.245. The first-order valence-corrected chi connectivity index (χ1v) is 6.78. The maximum Gasteiger partial charge on any atom is 0.0684 e. The summed E-state index contributed by atoms with van der Waals surface area (Å²) in [5.41, 5.74) is 0. The Bertz CT molecular complexity index is 296. The lowest BCUT2D eigenvalue weighted by atomic mass is 9.97. The molecule has 0 aliphatic carbocycles. The smallest absolute Gasteiger partial charge is 0.0684 e. The molecule has 0 amide bonds. The SMILES string of the molecule is OC(CSc1ccccc1)C1CCCOC1. The van der Waals surface area contributed by atoms with Crippen molar-refractivity contribution in [2.75, 3.05) is 19.0 Å². The van der Waals surface area contributed by atoms with Gasteiger partial charge in [-0.05, 0) is 25.0 Å². The Kier molecular flexibility index (Phi) is 4.69. The minimum Gasteiger partial charge on any atom is -0.392 e. The molecule has 0 radical (unpaired) electrons. The Hall–Kier alpha value is -0.510. The number of benzene rings is 1. The monoisotopic (exact) mass is 238 g/mol. The van der Waals surface area contributed by atoms with Crippen molar-refractivity contribution in [3.63, 3.8) is 0 Å². The molecule has 0 aromatic heterocycles. The molecule has 1 aromatic carbocycles. The molecule has 1 aromatic rings. The van der Waals surface area contributed by atoms with Crippen molar-refractivity contribution >= 4 is 11.8 Å². The standard InChI is InChI=1S/C13H18O2S/c14-13(11-5-4-8-15-9-11)10-16-12-6-2-1-3-7-12/h1-3,6-7,11,13-14H,4-5,8-10H2. The number of thioether (sulfide) groups is 1. The van der Waals surface area contributed by atoms with Crippen molar-refractivity contribution in [2.45, 2.75) is 23.8 Å². The molecule has 3 heteroatoms. The quantitative estimate of drug-likeness (QED) is 0.818. The number of aliphatic hydroxyl groups excluding tert-OH is 1. The minimum absolute atomic E-state index is 0.245. The Morgan fingerprint density at radius 3 is 2.88 bits per heavy atom. The summed E-state index contributed by atoms with van der Waals surface area (Å²) in [7, 11) is 0. The molecule has 2 nitrogen and oxygen atoms in total. The molecule has 1 aliphatic rings. The van der Waals surface area contributed by atoms with E-state index >= 15 is 0 Å². The highest BCUT2D eigenvalue weighted by Gasteiger charge is 2.22. The van der Waals surface area contributed by atoms with Crippen molar-refractivity contribution in [3.8, 4) is 0 Å². The van der Waals surface area contributed by atoms with Crippen molar-refractivity contribution in [3.05, 3.63) is 30.3 Å². The molecule has 0 spiro atoms. The topological polar surface area (TPSA) is 29.5 Å². The van der Waals surface area contributed by atoms with Crippen molar-refractivity contribution in [1.29, 1.82) is 0 Å². The number of ether oxygens (including phenoxy) is 1. The van der Waals surface area contributed by atoms with Gasteiger partial charge in [-0.15, -0.1) is 11.8 Å². The molecule has 1 fully saturated rings. The molecule has 1 aliphatic heterocycles. The molecule has 0 saturated carbocycles. The number of hydrogen-bond acceptors (Lipinski definition) is 3. The first kappa shape index (κ1) is 12.0. The van der Waals surface area contributed by atoms with Gasteiger partial charge in [0.25, 0.3) is 0 Å². The summed E-state index contributed by atoms with van der Waals surface area (Å²) in [4.78, 5) is 1.22. The van der Waals surface area contributed by atoms with Crippen LogP contribution in [0.25, 0.3) is 0 Å². The summed E-state index contributed by atoms with van der Waals surface area (Å²) in [5, 5.41) is 10.0. The third-order valence-corrected chi connectivity index (χ3v) is 4.02. The van der Waals surface area contributed by atoms with Crippen LogP contribution in [-0.2, 0) is 4.74 Å². The van der Waals surface area contributed by atoms with Crippen LogP contribution in [0.2, 0.25) is 0 Å². The predicted octanol–water partition coefficient (Wildman–Crippen LogP) is 2.57. The van der Waals surface area contributed by atoms with Crippen LogP contribution < -0.4 is 0 Å². The highest BCUT2D eigenvalue weighted by atomic mass is 32.2. The van der Waals surface area contributed by atoms with Gasteiger partial charge in [0.15, 0.2) is 0 Å². The predicted molar refractivity (Wildman–Crippen MR) is 66.7 cm³/mol. The maximum atomic E-state index is 10.0. The first-order valence-electron chi connectivity index (χ1n) is 5.80. The van der Waals surface area contributed by atoms with E-state index in [0.717, 1.165) is 31.8 Å². The fraction of sp³-hybridized carbons (Fsp3) is 0.538. The molecule has 1 heterocycles. The Balaban J connectivity index is 1.76. The van der Waals surface area contributed by atoms with Gasteiger partial charge in [0.2, 0.25) is 0 Å². The van der Waals surface area contributed by atoms with E-state index in [1.165, 1.54) is 4.90 Å². The molecule has 2 atom stereocenters. The van der Waals surface area contributed by atoms with Crippen LogP contribution in [0.5, 0.6) is 0 Å². The normalized spacial score (nSPS) is 22.9. The fourth-order valence-corrected chi connectivity index (χ4v) is 2.89. The molecular weight excluding hydrogens is 220 g/mol. The third-order valence-electron chi connectivity index (χ3n) is 2.90. The van der Waals surface area contributed by atoms with E-state index in [1.54, 1.807) is 11.8 Å². The lowest BCUT2D eigenvalue weighted by Crippen LogP contribution is -2.30. The van der Waals surface area contributed by atoms with Gasteiger partial charge in [-0.2, -0.15) is 0 Å². The van der Waals surface area contributed by atoms with E-state index in [9.17, 15) is 5.11 Å². The summed E-state index contributed by atoms with van der Waals surface area (Å²) in [6, 6.07) is 10.2. The van der Waals surface area contributed by atoms with Gasteiger partial charge in [-0.3, -0.25) is 0 Å². The molecular formula is C13H18O2S. The van der Waals surface area contributed by atoms with Crippen LogP contribution in [0.1, 0.15) is 12.8 Å². The van der Waals surface area contributed by atoms with E-state index in [0.29, 0.717) is 5.92 Å². The van der Waals surface area contributed by atoms with E-state index in [1.807, 2.05) is 18.2 Å². The summed E-state index contributed by atoms with van der Waals surface area (Å²) in [6.45, 7) is 1.57. The second-order valence-electron chi connectivity index (χ2n) is 4.17. The molecule has 88 valence electrons. The fourth-order valence-electron chi connectivity index (χ4n) is 1.90. The summed E-state index contributed by atoms with van der Waals surface area (Å²) >= 11 is 1.72. The molecule has 2 rings (SSSR count). The van der Waals surface area contributed by atoms with Crippen molar-refractivity contribution in [1.82, 2.24) is 0 Å². The molecule has 1 N–H and O–H groups in total. The summed E-state index contributed by atoms with van der Waals surface area (Å²) in [5.74, 6) is 1.09. The average molecular weight is 238 g/mol. The lowest BCUT2D eigenvalue weighted by molar-refractivity contribution is -0.0000395. The van der Waals surface area contributed by atoms with Crippen molar-refractivity contribution < 1.29 is 9.84 Å². The average Bonchev–Trinajstić information content (AvgIpc) is 2.38. The Morgan fingerprint density at radius 1 is 1.38 bits per heavy atom. The number of aliphatic hydroxyl groups is 1. The van der Waals surface area contributed by atoms with Gasteiger partial charge in [-0.1, -0.05) is 18.2 Å². The second-order valence-corrected chi connectivity index (χ2v) is 5.26. The van der Waals surface area contributed by atoms with Crippen LogP contribution in [0.4, 0.5) is 0 Å². The summed E-state index contributed by atoms with van der Waals surface area (Å²) in [6.07, 6.45) is 1.93. The largest absolute Gasteiger partial charge is 0.392 e. The van der Waals surface area contributed by atoms with Crippen LogP contribution >= 0.6 is 11.8 Å². The van der Waals surface area contributed by atoms with Gasteiger partial charge in [-0.25, -0.2) is 0 Å². The highest BCUT2D eigenvalue weighted by Crippen LogP contribution is 2.24. The molecule has 0 bridgehead atoms. The zero-order valence-electron chi connectivity index (χ0n) is 9.34. The maximum absolute atomic E-state index is 10.0. The highest BCUT2D eigenvalue weighted by molar-refractivity contribution is 7.99. The number of rotatable bonds is 4. The van der Waals surface area contributed by atoms with Crippen LogP contribution in [-0.4, -0.2) is 30.2 Å². The van der Waals surface area contributed by atoms with Crippen LogP contribution in [0, 0.1) is 5.92 Å². The van der Waals surface area contributed by atoms with Crippen LogP contribution in [0.15, 0.2) is 35.2 Å². The second kappa shape index (κ2) is 6.28. The van der Waals surface area contributed by atoms with Gasteiger partial charge in [0, 0.05) is 23.2 Å². The molecule has 2 unspecified atom stereocenters. The molecule has 1 saturated heterocycles. The van der Waals surface area contributed by atoms with Gasteiger partial charge >= 0.3 is 0 Å². The zero-order chi connectivity index (χ0) is 11.2. The lowest BCUT2D eigenvalue weighted by Gasteiger charge is -2.26. The zero-order valence-corrected chi connectivity index (χ0v) is 10.2. The van der Waals surface area contributed by atoms with Gasteiger partial charge < -0.3 is 9.84 Å². The van der Waals surface area contributed by atoms with E-state index in [2.05, 4.69) is 12.1 Å². The van der Waals surface area contributed by atoms with Crippen LogP contribution in [0.3, 0.4) is 0 Å². The number of hydrogen-bond donors (Lipinski definition) is 1. The first-order chi connectivity index (χ1) is 7.86. The van der Waals surface area contributed by atoms with E-state index in [-0.39, 0.29) is 6.10 Å². The van der Waals surface area contributed by atoms with Crippen molar-refractivity contribution in [2.24, 2.45) is 5.92 Å². The van der Waals surface area contributed by atoms with E-state index in [4.69, 9.17) is 4.74 Å². The molecule has 16 heavy (non-hydrogen) atoms. The van der Waals surface area contributed by atoms with Gasteiger partial charge in [0.05, 0.1) is 12.7 Å². The van der Waals surface area contributed by atoms with E-state index < -0.39 is 0 Å². The Labute approximate surface area is 101 Å². The summed E-state index contributed by atoms with van der Waals surface area (Å²) < 4.78 is 5.39. The van der Waals surface area contributed by atoms with Gasteiger partial charge in [0.1, 0.15) is 0 Å².